The topological polar surface area (TPSA) is 120 Å². The lowest BCUT2D eigenvalue weighted by Crippen LogP contribution is -2.48. The number of urea groups is 1. The second-order valence-corrected chi connectivity index (χ2v) is 11.9. The van der Waals surface area contributed by atoms with Gasteiger partial charge in [0, 0.05) is 50.5 Å². The Hall–Kier alpha value is -3.84. The third-order valence-electron chi connectivity index (χ3n) is 7.80. The number of likely N-dealkylation sites (N-methyl/N-ethyl adjacent to an activating group) is 1. The fraction of sp³-hybridized carbons (Fsp3) is 0.545. The van der Waals surface area contributed by atoms with Gasteiger partial charge in [-0.3, -0.25) is 9.59 Å². The number of hydrogen-bond acceptors (Lipinski definition) is 6. The van der Waals surface area contributed by atoms with Crippen LogP contribution in [0.2, 0.25) is 0 Å². The van der Waals surface area contributed by atoms with Gasteiger partial charge in [-0.05, 0) is 63.4 Å². The van der Waals surface area contributed by atoms with Gasteiger partial charge in [0.05, 0.1) is 36.8 Å². The molecule has 46 heavy (non-hydrogen) atoms. The summed E-state index contributed by atoms with van der Waals surface area (Å²) < 4.78 is 50.4. The molecule has 0 spiro atoms. The smallest absolute Gasteiger partial charge is 0.389 e. The van der Waals surface area contributed by atoms with Crippen molar-refractivity contribution < 1.29 is 42.1 Å². The Morgan fingerprint density at radius 2 is 1.80 bits per heavy atom. The van der Waals surface area contributed by atoms with Crippen LogP contribution in [0.25, 0.3) is 0 Å². The van der Waals surface area contributed by atoms with E-state index in [4.69, 9.17) is 9.47 Å². The molecule has 1 aliphatic heterocycles. The number of fused-ring (bicyclic) bond motifs is 1. The van der Waals surface area contributed by atoms with Crippen LogP contribution in [0.4, 0.5) is 29.3 Å². The summed E-state index contributed by atoms with van der Waals surface area (Å²) in [6.45, 7) is 5.94. The molecule has 3 rings (SSSR count). The van der Waals surface area contributed by atoms with Crippen molar-refractivity contribution in [1.29, 1.82) is 0 Å². The predicted molar refractivity (Wildman–Crippen MR) is 169 cm³/mol. The summed E-state index contributed by atoms with van der Waals surface area (Å²) in [6.07, 6.45) is -5.07. The predicted octanol–water partition coefficient (Wildman–Crippen LogP) is 5.93. The minimum Gasteiger partial charge on any atom is -0.490 e. The van der Waals surface area contributed by atoms with Gasteiger partial charge in [0.25, 0.3) is 5.91 Å². The molecular weight excluding hydrogens is 605 g/mol. The van der Waals surface area contributed by atoms with E-state index in [-0.39, 0.29) is 54.7 Å². The molecule has 2 aromatic carbocycles. The number of anilines is 2. The second kappa shape index (κ2) is 17.2. The molecule has 1 heterocycles. The fourth-order valence-electron chi connectivity index (χ4n) is 5.03. The van der Waals surface area contributed by atoms with E-state index in [1.165, 1.54) is 28.0 Å². The summed E-state index contributed by atoms with van der Waals surface area (Å²) >= 11 is 0. The van der Waals surface area contributed by atoms with Gasteiger partial charge in [-0.2, -0.15) is 13.2 Å². The highest BCUT2D eigenvalue weighted by molar-refractivity contribution is 5.99. The van der Waals surface area contributed by atoms with Crippen molar-refractivity contribution in [1.82, 2.24) is 9.80 Å². The summed E-state index contributed by atoms with van der Waals surface area (Å²) in [5.41, 5.74) is 0.897. The van der Waals surface area contributed by atoms with Gasteiger partial charge in [0.15, 0.2) is 0 Å². The van der Waals surface area contributed by atoms with E-state index < -0.39 is 43.0 Å². The van der Waals surface area contributed by atoms with E-state index in [0.717, 1.165) is 12.8 Å². The molecule has 10 nitrogen and oxygen atoms in total. The zero-order valence-corrected chi connectivity index (χ0v) is 26.8. The molecular formula is C33H45F3N4O6. The van der Waals surface area contributed by atoms with E-state index in [0.29, 0.717) is 18.7 Å². The number of aliphatic hydroxyl groups is 1. The van der Waals surface area contributed by atoms with Crippen molar-refractivity contribution in [2.75, 3.05) is 44.0 Å². The summed E-state index contributed by atoms with van der Waals surface area (Å²) in [6, 6.07) is 12.5. The monoisotopic (exact) mass is 650 g/mol. The lowest BCUT2D eigenvalue weighted by molar-refractivity contribution is -0.142. The molecule has 3 N–H and O–H groups in total. The number of ether oxygens (including phenoxy) is 2. The van der Waals surface area contributed by atoms with Crippen LogP contribution in [0.15, 0.2) is 48.5 Å². The maximum Gasteiger partial charge on any atom is 0.389 e. The first-order chi connectivity index (χ1) is 21.8. The Morgan fingerprint density at radius 1 is 1.09 bits per heavy atom. The van der Waals surface area contributed by atoms with Gasteiger partial charge in [-0.25, -0.2) is 4.79 Å². The fourth-order valence-corrected chi connectivity index (χ4v) is 5.03. The number of benzene rings is 2. The van der Waals surface area contributed by atoms with Gasteiger partial charge in [-0.1, -0.05) is 25.1 Å². The standard InChI is InChI=1S/C33H45F3N4O6/c1-22-19-40(23(2)21-41)31(43)27-18-26(37-30(42)15-16-33(34,35)36)13-14-28(27)46-24(3)10-8-9-17-45-29(22)20-39(4)32(44)38-25-11-6-5-7-12-25/h5-7,11-14,18,22-24,29,41H,8-10,15-17,19-21H2,1-4H3,(H,37,42)(H,38,44)/t22-,23-,24+,29+/m0/s1. The van der Waals surface area contributed by atoms with Crippen LogP contribution < -0.4 is 15.4 Å². The van der Waals surface area contributed by atoms with Gasteiger partial charge < -0.3 is 35.0 Å². The number of amides is 4. The quantitative estimate of drug-likeness (QED) is 0.326. The van der Waals surface area contributed by atoms with E-state index in [1.807, 2.05) is 32.0 Å². The number of aliphatic hydroxyl groups excluding tert-OH is 1. The van der Waals surface area contributed by atoms with Crippen molar-refractivity contribution in [2.45, 2.75) is 77.3 Å². The lowest BCUT2D eigenvalue weighted by Gasteiger charge is -2.35. The average Bonchev–Trinajstić information content (AvgIpc) is 3.01. The SMILES string of the molecule is C[C@@H]1CCCCO[C@H](CN(C)C(=O)Nc2ccccc2)[C@@H](C)CN([C@@H](C)CO)C(=O)c2cc(NC(=O)CCC(F)(F)F)ccc2O1. The van der Waals surface area contributed by atoms with Crippen LogP contribution in [0.1, 0.15) is 63.2 Å². The molecule has 0 saturated heterocycles. The van der Waals surface area contributed by atoms with Gasteiger partial charge in [0.1, 0.15) is 5.75 Å². The van der Waals surface area contributed by atoms with E-state index >= 15 is 0 Å². The molecule has 4 atom stereocenters. The minimum atomic E-state index is -4.48. The number of hydrogen-bond donors (Lipinski definition) is 3. The molecule has 0 bridgehead atoms. The molecule has 0 unspecified atom stereocenters. The lowest BCUT2D eigenvalue weighted by atomic mass is 10.0. The number of alkyl halides is 3. The number of carbonyl (C=O) groups excluding carboxylic acids is 3. The highest BCUT2D eigenvalue weighted by Gasteiger charge is 2.31. The van der Waals surface area contributed by atoms with Gasteiger partial charge >= 0.3 is 12.2 Å². The number of para-hydroxylation sites is 1. The van der Waals surface area contributed by atoms with Crippen molar-refractivity contribution in [2.24, 2.45) is 5.92 Å². The number of rotatable bonds is 8. The van der Waals surface area contributed by atoms with Crippen LogP contribution in [-0.4, -0.2) is 90.5 Å². The van der Waals surface area contributed by atoms with Crippen LogP contribution in [0.3, 0.4) is 0 Å². The molecule has 0 aromatic heterocycles. The molecule has 1 aliphatic rings. The Balaban J connectivity index is 1.88. The molecule has 0 aliphatic carbocycles. The summed E-state index contributed by atoms with van der Waals surface area (Å²) in [5.74, 6) is -1.36. The number of carbonyl (C=O) groups is 3. The molecule has 254 valence electrons. The Morgan fingerprint density at radius 3 is 2.48 bits per heavy atom. The highest BCUT2D eigenvalue weighted by atomic mass is 19.4. The first-order valence-electron chi connectivity index (χ1n) is 15.5. The van der Waals surface area contributed by atoms with Crippen molar-refractivity contribution >= 4 is 29.2 Å². The molecule has 0 saturated carbocycles. The first-order valence-corrected chi connectivity index (χ1v) is 15.5. The zero-order chi connectivity index (χ0) is 33.9. The highest BCUT2D eigenvalue weighted by Crippen LogP contribution is 2.29. The Kier molecular flexibility index (Phi) is 13.7. The normalized spacial score (nSPS) is 20.5. The van der Waals surface area contributed by atoms with Crippen LogP contribution >= 0.6 is 0 Å². The molecule has 0 fully saturated rings. The van der Waals surface area contributed by atoms with Gasteiger partial charge in [-0.15, -0.1) is 0 Å². The summed E-state index contributed by atoms with van der Waals surface area (Å²) in [7, 11) is 1.67. The van der Waals surface area contributed by atoms with Crippen molar-refractivity contribution in [3.8, 4) is 5.75 Å². The average molecular weight is 651 g/mol. The van der Waals surface area contributed by atoms with E-state index in [2.05, 4.69) is 10.6 Å². The maximum atomic E-state index is 14.2. The minimum absolute atomic E-state index is 0.0989. The summed E-state index contributed by atoms with van der Waals surface area (Å²) in [5, 5.41) is 15.4. The Labute approximate surface area is 268 Å². The molecule has 4 amide bonds. The third kappa shape index (κ3) is 11.5. The third-order valence-corrected chi connectivity index (χ3v) is 7.80. The number of halogens is 3. The second-order valence-electron chi connectivity index (χ2n) is 11.9. The van der Waals surface area contributed by atoms with Crippen molar-refractivity contribution in [3.05, 3.63) is 54.1 Å². The van der Waals surface area contributed by atoms with Crippen molar-refractivity contribution in [3.63, 3.8) is 0 Å². The first kappa shape index (κ1) is 36.6. The number of nitrogens with one attached hydrogen (secondary N) is 2. The molecule has 13 heteroatoms. The number of nitrogens with zero attached hydrogens (tertiary/aromatic N) is 2. The molecule has 0 radical (unpaired) electrons. The van der Waals surface area contributed by atoms with Gasteiger partial charge in [0.2, 0.25) is 5.91 Å². The maximum absolute atomic E-state index is 14.2. The summed E-state index contributed by atoms with van der Waals surface area (Å²) in [4.78, 5) is 42.4. The van der Waals surface area contributed by atoms with E-state index in [1.54, 1.807) is 26.1 Å². The van der Waals surface area contributed by atoms with Crippen LogP contribution in [-0.2, 0) is 9.53 Å². The van der Waals surface area contributed by atoms with Crippen LogP contribution in [0.5, 0.6) is 5.75 Å². The van der Waals surface area contributed by atoms with Crippen LogP contribution in [0, 0.1) is 5.92 Å². The Bertz CT molecular complexity index is 1300. The molecule has 2 aromatic rings. The largest absolute Gasteiger partial charge is 0.490 e. The van der Waals surface area contributed by atoms with E-state index in [9.17, 15) is 32.7 Å². The zero-order valence-electron chi connectivity index (χ0n) is 26.8.